The van der Waals surface area contributed by atoms with E-state index >= 15 is 0 Å². The van der Waals surface area contributed by atoms with Gasteiger partial charge in [0.25, 0.3) is 0 Å². The monoisotopic (exact) mass is 424 g/mol. The third-order valence-corrected chi connectivity index (χ3v) is 8.04. The second-order valence-electron chi connectivity index (χ2n) is 9.56. The van der Waals surface area contributed by atoms with E-state index in [1.54, 1.807) is 11.5 Å². The standard InChI is InChI=1S/C22H37N3O3S/c1-21(2,16-7-11-27-12-8-16)18-15-19(29-25(18)6)23-20(26)22(3,4)24(5)17-9-13-28-14-10-17/h15-17H,7-14H2,1-6H3/p+1. The van der Waals surface area contributed by atoms with Crippen LogP contribution in [0.1, 0.15) is 59.1 Å². The fourth-order valence-corrected chi connectivity index (χ4v) is 5.66. The fourth-order valence-electron chi connectivity index (χ4n) is 4.67. The minimum Gasteiger partial charge on any atom is -0.381 e. The van der Waals surface area contributed by atoms with Crippen LogP contribution in [0.4, 0.5) is 5.00 Å². The first-order chi connectivity index (χ1) is 13.6. The number of nitrogens with zero attached hydrogens (tertiary/aromatic N) is 2. The van der Waals surface area contributed by atoms with Gasteiger partial charge in [-0.2, -0.15) is 0 Å². The van der Waals surface area contributed by atoms with E-state index < -0.39 is 5.54 Å². The highest BCUT2D eigenvalue weighted by atomic mass is 32.1. The second-order valence-corrected chi connectivity index (χ2v) is 10.7. The molecule has 0 bridgehead atoms. The first kappa shape index (κ1) is 22.7. The molecule has 3 rings (SSSR count). The number of likely N-dealkylation sites (N-methyl/N-ethyl adjacent to an activating group) is 1. The smallest absolute Gasteiger partial charge is 0.245 e. The molecule has 1 aromatic heterocycles. The van der Waals surface area contributed by atoms with E-state index in [-0.39, 0.29) is 11.3 Å². The summed E-state index contributed by atoms with van der Waals surface area (Å²) in [7, 11) is 4.15. The van der Waals surface area contributed by atoms with Crippen molar-refractivity contribution < 1.29 is 18.2 Å². The third-order valence-electron chi connectivity index (χ3n) is 7.16. The molecular weight excluding hydrogens is 386 g/mol. The van der Waals surface area contributed by atoms with Crippen LogP contribution >= 0.6 is 11.5 Å². The predicted octanol–water partition coefficient (Wildman–Crippen LogP) is 3.10. The molecule has 164 valence electrons. The van der Waals surface area contributed by atoms with Crippen LogP contribution in [-0.4, -0.2) is 55.9 Å². The van der Waals surface area contributed by atoms with Gasteiger partial charge in [-0.05, 0) is 66.3 Å². The molecule has 1 amide bonds. The molecule has 7 heteroatoms. The third kappa shape index (κ3) is 4.84. The Morgan fingerprint density at radius 2 is 1.66 bits per heavy atom. The maximum Gasteiger partial charge on any atom is 0.245 e. The summed E-state index contributed by atoms with van der Waals surface area (Å²) in [6, 6.07) is 2.55. The molecule has 2 saturated heterocycles. The fraction of sp³-hybridized carbons (Fsp3) is 0.818. The van der Waals surface area contributed by atoms with Crippen molar-refractivity contribution in [2.75, 3.05) is 38.8 Å². The number of aryl methyl sites for hydroxylation is 1. The molecule has 1 N–H and O–H groups in total. The summed E-state index contributed by atoms with van der Waals surface area (Å²) in [5.41, 5.74) is 0.744. The Morgan fingerprint density at radius 3 is 2.24 bits per heavy atom. The number of rotatable bonds is 6. The SMILES string of the molecule is CN(C1CCOCC1)C(C)(C)C(=O)Nc1cc(C(C)(C)C2CCOCC2)[n+](C)s1. The number of nitrogens with one attached hydrogen (secondary N) is 1. The first-order valence-electron chi connectivity index (χ1n) is 10.8. The van der Waals surface area contributed by atoms with Gasteiger partial charge in [0.2, 0.25) is 11.6 Å². The predicted molar refractivity (Wildman–Crippen MR) is 116 cm³/mol. The highest BCUT2D eigenvalue weighted by molar-refractivity contribution is 7.06. The van der Waals surface area contributed by atoms with Gasteiger partial charge in [-0.15, -0.1) is 3.96 Å². The van der Waals surface area contributed by atoms with Crippen LogP contribution in [0.2, 0.25) is 0 Å². The van der Waals surface area contributed by atoms with Crippen molar-refractivity contribution in [1.29, 1.82) is 0 Å². The topological polar surface area (TPSA) is 54.7 Å². The molecule has 2 aliphatic heterocycles. The lowest BCUT2D eigenvalue weighted by atomic mass is 9.72. The molecule has 0 radical (unpaired) electrons. The van der Waals surface area contributed by atoms with Crippen molar-refractivity contribution in [3.05, 3.63) is 11.8 Å². The summed E-state index contributed by atoms with van der Waals surface area (Å²) in [4.78, 5) is 15.4. The lowest BCUT2D eigenvalue weighted by Gasteiger charge is -2.41. The van der Waals surface area contributed by atoms with Crippen LogP contribution in [0.25, 0.3) is 0 Å². The van der Waals surface area contributed by atoms with Crippen LogP contribution in [0.15, 0.2) is 6.07 Å². The number of aromatic nitrogens is 1. The van der Waals surface area contributed by atoms with E-state index in [1.807, 2.05) is 13.8 Å². The second kappa shape index (κ2) is 9.00. The van der Waals surface area contributed by atoms with Crippen molar-refractivity contribution in [3.63, 3.8) is 0 Å². The molecule has 1 aromatic rings. The zero-order chi connectivity index (χ0) is 21.2. The van der Waals surface area contributed by atoms with Gasteiger partial charge < -0.3 is 14.8 Å². The number of anilines is 1. The summed E-state index contributed by atoms with van der Waals surface area (Å²) >= 11 is 1.61. The Bertz CT molecular complexity index is 704. The van der Waals surface area contributed by atoms with Crippen molar-refractivity contribution >= 4 is 22.4 Å². The average Bonchev–Trinajstić information content (AvgIpc) is 3.09. The highest BCUT2D eigenvalue weighted by Crippen LogP contribution is 2.38. The summed E-state index contributed by atoms with van der Waals surface area (Å²) in [6.45, 7) is 11.9. The van der Waals surface area contributed by atoms with Crippen molar-refractivity contribution in [2.24, 2.45) is 13.0 Å². The maximum atomic E-state index is 13.2. The maximum absolute atomic E-state index is 13.2. The molecular formula is C22H38N3O3S+. The summed E-state index contributed by atoms with van der Waals surface area (Å²) < 4.78 is 13.2. The molecule has 3 heterocycles. The molecule has 0 spiro atoms. The van der Waals surface area contributed by atoms with Gasteiger partial charge in [-0.25, -0.2) is 0 Å². The Labute approximate surface area is 179 Å². The number of amides is 1. The molecule has 29 heavy (non-hydrogen) atoms. The van der Waals surface area contributed by atoms with Crippen molar-refractivity contribution in [3.8, 4) is 0 Å². The van der Waals surface area contributed by atoms with Gasteiger partial charge in [0.05, 0.1) is 11.0 Å². The van der Waals surface area contributed by atoms with Gasteiger partial charge >= 0.3 is 0 Å². The molecule has 0 aliphatic carbocycles. The van der Waals surface area contributed by atoms with Gasteiger partial charge in [0, 0.05) is 38.5 Å². The molecule has 0 aromatic carbocycles. The van der Waals surface area contributed by atoms with Gasteiger partial charge in [-0.1, -0.05) is 0 Å². The summed E-state index contributed by atoms with van der Waals surface area (Å²) in [5, 5.41) is 4.12. The zero-order valence-corrected chi connectivity index (χ0v) is 19.7. The van der Waals surface area contributed by atoms with E-state index in [0.717, 1.165) is 57.1 Å². The molecule has 6 nitrogen and oxygen atoms in total. The zero-order valence-electron chi connectivity index (χ0n) is 18.9. The lowest BCUT2D eigenvalue weighted by molar-refractivity contribution is -0.614. The largest absolute Gasteiger partial charge is 0.381 e. The molecule has 0 saturated carbocycles. The highest BCUT2D eigenvalue weighted by Gasteiger charge is 2.41. The molecule has 2 aliphatic rings. The molecule has 0 atom stereocenters. The van der Waals surface area contributed by atoms with E-state index in [9.17, 15) is 4.79 Å². The van der Waals surface area contributed by atoms with Crippen molar-refractivity contribution in [2.45, 2.75) is 70.4 Å². The van der Waals surface area contributed by atoms with Gasteiger partial charge in [0.15, 0.2) is 23.6 Å². The minimum absolute atomic E-state index is 0.0452. The Morgan fingerprint density at radius 1 is 1.10 bits per heavy atom. The van der Waals surface area contributed by atoms with E-state index in [0.29, 0.717) is 12.0 Å². The normalized spacial score (nSPS) is 20.2. The first-order valence-corrected chi connectivity index (χ1v) is 11.6. The van der Waals surface area contributed by atoms with Crippen LogP contribution in [0.3, 0.4) is 0 Å². The Kier molecular flexibility index (Phi) is 7.03. The van der Waals surface area contributed by atoms with Crippen LogP contribution < -0.4 is 9.27 Å². The lowest BCUT2D eigenvalue weighted by Crippen LogP contribution is -2.55. The quantitative estimate of drug-likeness (QED) is 0.713. The van der Waals surface area contributed by atoms with Crippen LogP contribution in [0, 0.1) is 5.92 Å². The minimum atomic E-state index is -0.582. The summed E-state index contributed by atoms with van der Waals surface area (Å²) in [5.74, 6) is 0.639. The number of hydrogen-bond donors (Lipinski definition) is 1. The number of carbonyl (C=O) groups excluding carboxylic acids is 1. The average molecular weight is 425 g/mol. The van der Waals surface area contributed by atoms with Gasteiger partial charge in [0.1, 0.15) is 0 Å². The summed E-state index contributed by atoms with van der Waals surface area (Å²) in [6.07, 6.45) is 4.14. The van der Waals surface area contributed by atoms with Crippen LogP contribution in [0.5, 0.6) is 0 Å². The van der Waals surface area contributed by atoms with E-state index in [1.165, 1.54) is 5.69 Å². The van der Waals surface area contributed by atoms with E-state index in [2.05, 4.69) is 48.2 Å². The molecule has 0 unspecified atom stereocenters. The van der Waals surface area contributed by atoms with Crippen LogP contribution in [-0.2, 0) is 26.7 Å². The van der Waals surface area contributed by atoms with Crippen molar-refractivity contribution in [1.82, 2.24) is 4.90 Å². The Balaban J connectivity index is 1.71. The Hall–Kier alpha value is -1.02. The van der Waals surface area contributed by atoms with E-state index in [4.69, 9.17) is 9.47 Å². The number of ether oxygens (including phenoxy) is 2. The molecule has 2 fully saturated rings. The number of carbonyl (C=O) groups is 1. The van der Waals surface area contributed by atoms with Gasteiger partial charge in [-0.3, -0.25) is 9.69 Å². The number of hydrogen-bond acceptors (Lipinski definition) is 5.